The average Bonchev–Trinajstić information content (AvgIpc) is 2.92. The molecule has 1 aliphatic heterocycles. The Hall–Kier alpha value is -1.41. The number of halogens is 4. The van der Waals surface area contributed by atoms with Crippen LogP contribution < -0.4 is 0 Å². The van der Waals surface area contributed by atoms with Crippen molar-refractivity contribution in [3.8, 4) is 0 Å². The van der Waals surface area contributed by atoms with Crippen LogP contribution >= 0.6 is 11.8 Å². The van der Waals surface area contributed by atoms with Crippen molar-refractivity contribution in [2.45, 2.75) is 38.0 Å². The zero-order valence-electron chi connectivity index (χ0n) is 13.3. The molecule has 132 valence electrons. The Balaban J connectivity index is 2.06. The van der Waals surface area contributed by atoms with Crippen LogP contribution in [0.15, 0.2) is 40.6 Å². The van der Waals surface area contributed by atoms with E-state index in [0.29, 0.717) is 5.75 Å². The number of nitrogens with zero attached hydrogens (tertiary/aromatic N) is 2. The molecule has 0 saturated heterocycles. The molecule has 1 aliphatic rings. The second kappa shape index (κ2) is 8.11. The first-order chi connectivity index (χ1) is 11.3. The van der Waals surface area contributed by atoms with Gasteiger partial charge < -0.3 is 4.74 Å². The van der Waals surface area contributed by atoms with Gasteiger partial charge in [-0.15, -0.1) is 16.9 Å². The molecule has 24 heavy (non-hydrogen) atoms. The molecule has 2 rings (SSSR count). The highest BCUT2D eigenvalue weighted by molar-refractivity contribution is 7.99. The molecule has 1 aromatic carbocycles. The highest BCUT2D eigenvalue weighted by Crippen LogP contribution is 2.39. The quantitative estimate of drug-likeness (QED) is 0.472. The van der Waals surface area contributed by atoms with Gasteiger partial charge in [-0.25, -0.2) is 8.78 Å². The first-order valence-electron chi connectivity index (χ1n) is 7.49. The van der Waals surface area contributed by atoms with Gasteiger partial charge in [0.2, 0.25) is 5.56 Å². The summed E-state index contributed by atoms with van der Waals surface area (Å²) in [6, 6.07) is 3.66. The molecule has 0 aliphatic carbocycles. The van der Waals surface area contributed by atoms with Crippen molar-refractivity contribution in [1.82, 2.24) is 0 Å². The van der Waals surface area contributed by atoms with Crippen LogP contribution in [-0.4, -0.2) is 17.0 Å². The minimum absolute atomic E-state index is 0.0806. The molecule has 0 spiro atoms. The zero-order chi connectivity index (χ0) is 17.7. The molecule has 2 atom stereocenters. The largest absolute Gasteiger partial charge is 0.315 e. The van der Waals surface area contributed by atoms with Crippen molar-refractivity contribution in [2.75, 3.05) is 5.75 Å². The number of allylic oxidation sites excluding steroid dienone is 1. The van der Waals surface area contributed by atoms with E-state index in [2.05, 4.69) is 10.2 Å². The third-order valence-corrected chi connectivity index (χ3v) is 4.64. The van der Waals surface area contributed by atoms with Gasteiger partial charge in [-0.3, -0.25) is 0 Å². The van der Waals surface area contributed by atoms with Gasteiger partial charge >= 0.3 is 0 Å². The first-order valence-corrected chi connectivity index (χ1v) is 8.54. The number of azo groups is 1. The number of rotatable bonds is 7. The van der Waals surface area contributed by atoms with E-state index in [4.69, 9.17) is 4.74 Å². The Labute approximate surface area is 142 Å². The first kappa shape index (κ1) is 18.9. The fourth-order valence-corrected chi connectivity index (χ4v) is 3.06. The van der Waals surface area contributed by atoms with Crippen molar-refractivity contribution in [3.05, 3.63) is 47.6 Å². The molecule has 0 saturated carbocycles. The van der Waals surface area contributed by atoms with Gasteiger partial charge in [-0.05, 0) is 24.6 Å². The summed E-state index contributed by atoms with van der Waals surface area (Å²) in [4.78, 5) is 0. The summed E-state index contributed by atoms with van der Waals surface area (Å²) in [5, 5.41) is 8.12. The number of thioether (sulfide) groups is 1. The lowest BCUT2D eigenvalue weighted by Crippen LogP contribution is -2.38. The van der Waals surface area contributed by atoms with Crippen molar-refractivity contribution >= 4 is 11.8 Å². The molecule has 0 radical (unpaired) electrons. The van der Waals surface area contributed by atoms with Crippen LogP contribution in [0.25, 0.3) is 0 Å². The standard InChI is InChI=1S/C16H18F4N2OS/c1-10(2)16(9-11-12(17)5-3-6-13(11)18)22-21-15(23-16)24-8-4-7-14(19)20/h3,5-7,10,15H,4,8-9H2,1-2H3. The average molecular weight is 362 g/mol. The van der Waals surface area contributed by atoms with Crippen LogP contribution in [0.1, 0.15) is 25.8 Å². The molecule has 0 fully saturated rings. The topological polar surface area (TPSA) is 34.0 Å². The second-order valence-corrected chi connectivity index (χ2v) is 6.81. The predicted molar refractivity (Wildman–Crippen MR) is 84.7 cm³/mol. The molecule has 0 amide bonds. The van der Waals surface area contributed by atoms with Crippen LogP contribution in [0.5, 0.6) is 0 Å². The number of ether oxygens (including phenoxy) is 1. The van der Waals surface area contributed by atoms with E-state index >= 15 is 0 Å². The van der Waals surface area contributed by atoms with Crippen molar-refractivity contribution in [1.29, 1.82) is 0 Å². The van der Waals surface area contributed by atoms with Gasteiger partial charge in [0, 0.05) is 23.7 Å². The highest BCUT2D eigenvalue weighted by atomic mass is 32.2. The maximum Gasteiger partial charge on any atom is 0.266 e. The summed E-state index contributed by atoms with van der Waals surface area (Å²) in [7, 11) is 0. The fraction of sp³-hybridized carbons (Fsp3) is 0.500. The molecule has 3 nitrogen and oxygen atoms in total. The van der Waals surface area contributed by atoms with Crippen LogP contribution in [0, 0.1) is 17.6 Å². The van der Waals surface area contributed by atoms with Gasteiger partial charge in [0.05, 0.1) is 0 Å². The molecular weight excluding hydrogens is 344 g/mol. The summed E-state index contributed by atoms with van der Waals surface area (Å²) in [6.07, 6.45) is -0.804. The molecule has 0 N–H and O–H groups in total. The van der Waals surface area contributed by atoms with E-state index in [1.807, 2.05) is 13.8 Å². The van der Waals surface area contributed by atoms with Gasteiger partial charge in [0.25, 0.3) is 6.08 Å². The Morgan fingerprint density at radius 2 is 2.00 bits per heavy atom. The summed E-state index contributed by atoms with van der Waals surface area (Å²) in [5.41, 5.74) is -1.93. The smallest absolute Gasteiger partial charge is 0.266 e. The summed E-state index contributed by atoms with van der Waals surface area (Å²) in [5.74, 6) is -1.11. The Bertz CT molecular complexity index is 614. The molecule has 0 aromatic heterocycles. The lowest BCUT2D eigenvalue weighted by molar-refractivity contribution is -0.0524. The van der Waals surface area contributed by atoms with E-state index in [0.717, 1.165) is 6.08 Å². The Kier molecular flexibility index (Phi) is 6.40. The van der Waals surface area contributed by atoms with E-state index in [1.165, 1.54) is 30.0 Å². The van der Waals surface area contributed by atoms with E-state index < -0.39 is 29.0 Å². The third-order valence-electron chi connectivity index (χ3n) is 3.70. The Morgan fingerprint density at radius 1 is 1.33 bits per heavy atom. The summed E-state index contributed by atoms with van der Waals surface area (Å²) < 4.78 is 57.6. The highest BCUT2D eigenvalue weighted by Gasteiger charge is 2.43. The van der Waals surface area contributed by atoms with Crippen LogP contribution in [0.3, 0.4) is 0 Å². The Morgan fingerprint density at radius 3 is 2.58 bits per heavy atom. The lowest BCUT2D eigenvalue weighted by Gasteiger charge is -2.29. The van der Waals surface area contributed by atoms with Crippen molar-refractivity contribution < 1.29 is 22.3 Å². The maximum absolute atomic E-state index is 13.9. The molecule has 8 heteroatoms. The van der Waals surface area contributed by atoms with Gasteiger partial charge in [0.15, 0.2) is 5.72 Å². The lowest BCUT2D eigenvalue weighted by atomic mass is 9.92. The van der Waals surface area contributed by atoms with Crippen LogP contribution in [0.4, 0.5) is 17.6 Å². The van der Waals surface area contributed by atoms with E-state index in [9.17, 15) is 17.6 Å². The predicted octanol–water partition coefficient (Wildman–Crippen LogP) is 5.53. The summed E-state index contributed by atoms with van der Waals surface area (Å²) in [6.45, 7) is 3.65. The molecule has 2 unspecified atom stereocenters. The SMILES string of the molecule is CC(C)C1(Cc2c(F)cccc2F)N=NC(SCCC=C(F)F)O1. The normalized spacial score (nSPS) is 23.0. The summed E-state index contributed by atoms with van der Waals surface area (Å²) >= 11 is 1.22. The van der Waals surface area contributed by atoms with Gasteiger partial charge in [-0.1, -0.05) is 19.9 Å². The van der Waals surface area contributed by atoms with E-state index in [1.54, 1.807) is 0 Å². The van der Waals surface area contributed by atoms with Crippen molar-refractivity contribution in [2.24, 2.45) is 16.1 Å². The number of benzene rings is 1. The van der Waals surface area contributed by atoms with Crippen molar-refractivity contribution in [3.63, 3.8) is 0 Å². The zero-order valence-corrected chi connectivity index (χ0v) is 14.1. The molecular formula is C16H18F4N2OS. The fourth-order valence-electron chi connectivity index (χ4n) is 2.26. The minimum atomic E-state index is -1.73. The monoisotopic (exact) mass is 362 g/mol. The molecule has 1 heterocycles. The van der Waals surface area contributed by atoms with Gasteiger partial charge in [0.1, 0.15) is 11.6 Å². The third kappa shape index (κ3) is 4.57. The second-order valence-electron chi connectivity index (χ2n) is 5.67. The van der Waals surface area contributed by atoms with Crippen LogP contribution in [0.2, 0.25) is 0 Å². The van der Waals surface area contributed by atoms with Gasteiger partial charge in [-0.2, -0.15) is 13.9 Å². The molecule has 1 aromatic rings. The number of hydrogen-bond donors (Lipinski definition) is 0. The van der Waals surface area contributed by atoms with E-state index in [-0.39, 0.29) is 24.3 Å². The number of hydrogen-bond acceptors (Lipinski definition) is 4. The van der Waals surface area contributed by atoms with Crippen LogP contribution in [-0.2, 0) is 11.2 Å². The maximum atomic E-state index is 13.9. The minimum Gasteiger partial charge on any atom is -0.315 e. The molecule has 0 bridgehead atoms.